The predicted molar refractivity (Wildman–Crippen MR) is 63.7 cm³/mol. The number of carbonyl (C=O) groups is 1. The predicted octanol–water partition coefficient (Wildman–Crippen LogP) is 1.08. The monoisotopic (exact) mass is 313 g/mol. The zero-order valence-corrected chi connectivity index (χ0v) is 11.1. The van der Waals surface area contributed by atoms with Crippen molar-refractivity contribution >= 4 is 21.9 Å². The molecule has 2 aromatic rings. The lowest BCUT2D eigenvalue weighted by molar-refractivity contribution is 0.0599. The van der Waals surface area contributed by atoms with Gasteiger partial charge in [-0.1, -0.05) is 5.10 Å². The zero-order chi connectivity index (χ0) is 13.3. The van der Waals surface area contributed by atoms with Gasteiger partial charge in [0, 0.05) is 23.7 Å². The van der Waals surface area contributed by atoms with E-state index in [0.717, 1.165) is 10.6 Å². The molecule has 2 aromatic heterocycles. The van der Waals surface area contributed by atoms with Gasteiger partial charge in [0.15, 0.2) is 0 Å². The molecule has 0 aromatic carbocycles. The molecule has 18 heavy (non-hydrogen) atoms. The number of nitrogens with zero attached hydrogens (tertiary/aromatic N) is 3. The average Bonchev–Trinajstić information content (AvgIpc) is 2.77. The number of methoxy groups -OCH3 is 1. The summed E-state index contributed by atoms with van der Waals surface area (Å²) in [7, 11) is 1.24. The molecule has 0 unspecified atom stereocenters. The average molecular weight is 314 g/mol. The summed E-state index contributed by atoms with van der Waals surface area (Å²) in [4.78, 5) is 23.2. The SMILES string of the molecule is COC(=O)c1cc(=O)n(-c2nnc(C)o2)cc1Br. The molecule has 0 atom stereocenters. The molecule has 0 fully saturated rings. The van der Waals surface area contributed by atoms with Gasteiger partial charge in [-0.15, -0.1) is 5.10 Å². The number of ether oxygens (including phenoxy) is 1. The van der Waals surface area contributed by atoms with Crippen molar-refractivity contribution < 1.29 is 13.9 Å². The van der Waals surface area contributed by atoms with Crippen molar-refractivity contribution in [3.05, 3.63) is 38.5 Å². The Morgan fingerprint density at radius 3 is 2.78 bits per heavy atom. The first-order valence-electron chi connectivity index (χ1n) is 4.84. The van der Waals surface area contributed by atoms with Crippen molar-refractivity contribution in [2.75, 3.05) is 7.11 Å². The van der Waals surface area contributed by atoms with Crippen LogP contribution in [0.3, 0.4) is 0 Å². The van der Waals surface area contributed by atoms with Crippen LogP contribution in [0.15, 0.2) is 25.9 Å². The van der Waals surface area contributed by atoms with Crippen molar-refractivity contribution in [3.63, 3.8) is 0 Å². The van der Waals surface area contributed by atoms with Crippen LogP contribution in [0.2, 0.25) is 0 Å². The smallest absolute Gasteiger partial charge is 0.339 e. The molecule has 0 saturated carbocycles. The molecule has 0 N–H and O–H groups in total. The van der Waals surface area contributed by atoms with Crippen LogP contribution in [0.5, 0.6) is 0 Å². The first-order chi connectivity index (χ1) is 8.52. The number of hydrogen-bond acceptors (Lipinski definition) is 6. The van der Waals surface area contributed by atoms with Gasteiger partial charge in [-0.05, 0) is 15.9 Å². The molecule has 8 heteroatoms. The maximum Gasteiger partial charge on any atom is 0.339 e. The number of esters is 1. The molecule has 2 heterocycles. The van der Waals surface area contributed by atoms with Gasteiger partial charge >= 0.3 is 12.0 Å². The quantitative estimate of drug-likeness (QED) is 0.771. The molecule has 0 bridgehead atoms. The van der Waals surface area contributed by atoms with Crippen LogP contribution in [0, 0.1) is 6.92 Å². The van der Waals surface area contributed by atoms with Crippen LogP contribution in [0.25, 0.3) is 6.01 Å². The minimum Gasteiger partial charge on any atom is -0.465 e. The van der Waals surface area contributed by atoms with E-state index in [2.05, 4.69) is 30.9 Å². The van der Waals surface area contributed by atoms with Crippen LogP contribution in [0.1, 0.15) is 16.2 Å². The number of pyridine rings is 1. The fraction of sp³-hybridized carbons (Fsp3) is 0.200. The molecule has 0 radical (unpaired) electrons. The van der Waals surface area contributed by atoms with Crippen molar-refractivity contribution in [1.82, 2.24) is 14.8 Å². The Balaban J connectivity index is 2.56. The van der Waals surface area contributed by atoms with Crippen molar-refractivity contribution in [1.29, 1.82) is 0 Å². The van der Waals surface area contributed by atoms with E-state index in [1.165, 1.54) is 13.3 Å². The van der Waals surface area contributed by atoms with Gasteiger partial charge in [0.2, 0.25) is 5.89 Å². The Morgan fingerprint density at radius 1 is 1.50 bits per heavy atom. The lowest BCUT2D eigenvalue weighted by atomic mass is 10.3. The van der Waals surface area contributed by atoms with Gasteiger partial charge in [0.1, 0.15) is 0 Å². The Hall–Kier alpha value is -1.96. The summed E-state index contributed by atoms with van der Waals surface area (Å²) in [6, 6.07) is 1.17. The second-order valence-electron chi connectivity index (χ2n) is 3.34. The maximum absolute atomic E-state index is 11.8. The highest BCUT2D eigenvalue weighted by Gasteiger charge is 2.15. The molecule has 7 nitrogen and oxygen atoms in total. The van der Waals surface area contributed by atoms with Crippen LogP contribution in [0.4, 0.5) is 0 Å². The molecule has 0 spiro atoms. The molecule has 0 saturated heterocycles. The summed E-state index contributed by atoms with van der Waals surface area (Å²) in [5, 5.41) is 7.35. The van der Waals surface area contributed by atoms with E-state index in [1.54, 1.807) is 6.92 Å². The van der Waals surface area contributed by atoms with Crippen LogP contribution < -0.4 is 5.56 Å². The third-order valence-corrected chi connectivity index (χ3v) is 2.76. The summed E-state index contributed by atoms with van der Waals surface area (Å²) in [5.41, 5.74) is -0.336. The highest BCUT2D eigenvalue weighted by atomic mass is 79.9. The van der Waals surface area contributed by atoms with Crippen LogP contribution >= 0.6 is 15.9 Å². The van der Waals surface area contributed by atoms with Gasteiger partial charge in [-0.2, -0.15) is 0 Å². The van der Waals surface area contributed by atoms with Gasteiger partial charge < -0.3 is 9.15 Å². The molecule has 0 aliphatic heterocycles. The molecular weight excluding hydrogens is 306 g/mol. The highest BCUT2D eigenvalue weighted by molar-refractivity contribution is 9.10. The molecule has 0 aliphatic rings. The van der Waals surface area contributed by atoms with Crippen molar-refractivity contribution in [2.24, 2.45) is 0 Å². The summed E-state index contributed by atoms with van der Waals surface area (Å²) in [6.07, 6.45) is 1.38. The molecule has 0 amide bonds. The van der Waals surface area contributed by atoms with E-state index < -0.39 is 11.5 Å². The van der Waals surface area contributed by atoms with Crippen LogP contribution in [-0.2, 0) is 4.74 Å². The van der Waals surface area contributed by atoms with E-state index in [9.17, 15) is 9.59 Å². The second kappa shape index (κ2) is 4.73. The number of halogens is 1. The number of hydrogen-bond donors (Lipinski definition) is 0. The summed E-state index contributed by atoms with van der Waals surface area (Å²) >= 11 is 3.18. The normalized spacial score (nSPS) is 10.4. The third kappa shape index (κ3) is 2.19. The Bertz CT molecular complexity index is 661. The van der Waals surface area contributed by atoms with E-state index in [4.69, 9.17) is 4.42 Å². The van der Waals surface area contributed by atoms with Gasteiger partial charge in [-0.25, -0.2) is 9.36 Å². The van der Waals surface area contributed by atoms with E-state index in [1.807, 2.05) is 0 Å². The lowest BCUT2D eigenvalue weighted by Crippen LogP contribution is -2.20. The Kier molecular flexibility index (Phi) is 3.28. The van der Waals surface area contributed by atoms with Gasteiger partial charge in [0.05, 0.1) is 12.7 Å². The largest absolute Gasteiger partial charge is 0.465 e. The van der Waals surface area contributed by atoms with E-state index in [-0.39, 0.29) is 11.6 Å². The van der Waals surface area contributed by atoms with Crippen molar-refractivity contribution in [3.8, 4) is 6.01 Å². The summed E-state index contributed by atoms with van der Waals surface area (Å²) in [5.74, 6) is -0.266. The number of rotatable bonds is 2. The summed E-state index contributed by atoms with van der Waals surface area (Å²) < 4.78 is 11.2. The Labute approximate surface area is 110 Å². The molecule has 2 rings (SSSR count). The molecular formula is C10H8BrN3O4. The van der Waals surface area contributed by atoms with Crippen molar-refractivity contribution in [2.45, 2.75) is 6.92 Å². The minimum atomic E-state index is -0.604. The van der Waals surface area contributed by atoms with Crippen LogP contribution in [-0.4, -0.2) is 27.8 Å². The molecule has 94 valence electrons. The first kappa shape index (κ1) is 12.5. The van der Waals surface area contributed by atoms with E-state index in [0.29, 0.717) is 10.4 Å². The lowest BCUT2D eigenvalue weighted by Gasteiger charge is -2.04. The third-order valence-electron chi connectivity index (χ3n) is 2.13. The number of aromatic nitrogens is 3. The maximum atomic E-state index is 11.8. The number of carbonyl (C=O) groups excluding carboxylic acids is 1. The topological polar surface area (TPSA) is 87.2 Å². The zero-order valence-electron chi connectivity index (χ0n) is 9.51. The van der Waals surface area contributed by atoms with Gasteiger partial charge in [0.25, 0.3) is 5.56 Å². The summed E-state index contributed by atoms with van der Waals surface area (Å²) in [6.45, 7) is 1.61. The number of aryl methyl sites for hydroxylation is 1. The standard InChI is InChI=1S/C10H8BrN3O4/c1-5-12-13-10(18-5)14-4-7(11)6(3-8(14)15)9(16)17-2/h3-4H,1-2H3. The second-order valence-corrected chi connectivity index (χ2v) is 4.19. The Morgan fingerprint density at radius 2 is 2.22 bits per heavy atom. The highest BCUT2D eigenvalue weighted by Crippen LogP contribution is 2.16. The molecule has 0 aliphatic carbocycles. The van der Waals surface area contributed by atoms with E-state index >= 15 is 0 Å². The fourth-order valence-corrected chi connectivity index (χ4v) is 1.79. The first-order valence-corrected chi connectivity index (χ1v) is 5.63. The van der Waals surface area contributed by atoms with Gasteiger partial charge in [-0.3, -0.25) is 4.79 Å². The minimum absolute atomic E-state index is 0.0367. The fourth-order valence-electron chi connectivity index (χ4n) is 1.31.